The number of hydrogen-bond donors (Lipinski definition) is 1. The van der Waals surface area contributed by atoms with Crippen LogP contribution in [0.3, 0.4) is 0 Å². The molecule has 0 saturated carbocycles. The fraction of sp³-hybridized carbons (Fsp3) is 0.238. The van der Waals surface area contributed by atoms with Gasteiger partial charge in [0.25, 0.3) is 0 Å². The number of ether oxygens (including phenoxy) is 1. The zero-order chi connectivity index (χ0) is 17.8. The van der Waals surface area contributed by atoms with Crippen LogP contribution in [0.1, 0.15) is 27.2 Å². The molecule has 128 valence electrons. The quantitative estimate of drug-likeness (QED) is 0.729. The molecule has 4 nitrogen and oxygen atoms in total. The summed E-state index contributed by atoms with van der Waals surface area (Å²) in [4.78, 5) is 18.4. The van der Waals surface area contributed by atoms with Gasteiger partial charge in [-0.1, -0.05) is 48.5 Å². The molecule has 25 heavy (non-hydrogen) atoms. The summed E-state index contributed by atoms with van der Waals surface area (Å²) in [5.41, 5.74) is 4.48. The summed E-state index contributed by atoms with van der Waals surface area (Å²) in [6.07, 6.45) is 0. The summed E-state index contributed by atoms with van der Waals surface area (Å²) < 4.78 is 5.02. The zero-order valence-corrected chi connectivity index (χ0v) is 14.9. The molecule has 0 bridgehead atoms. The van der Waals surface area contributed by atoms with Crippen molar-refractivity contribution < 1.29 is 14.4 Å². The van der Waals surface area contributed by atoms with Crippen LogP contribution in [-0.4, -0.2) is 25.1 Å². The molecule has 1 atom stereocenters. The average molecular weight is 335 g/mol. The van der Waals surface area contributed by atoms with E-state index in [2.05, 4.69) is 19.2 Å². The number of esters is 1. The average Bonchev–Trinajstić information content (AvgIpc) is 2.62. The van der Waals surface area contributed by atoms with Crippen molar-refractivity contribution >= 4 is 16.9 Å². The lowest BCUT2D eigenvalue weighted by molar-refractivity contribution is -0.908. The van der Waals surface area contributed by atoms with E-state index in [1.807, 2.05) is 49.4 Å². The second kappa shape index (κ2) is 7.45. The highest BCUT2D eigenvalue weighted by molar-refractivity contribution is 5.98. The number of nitrogens with one attached hydrogen (secondary N) is 1. The molecule has 0 saturated heterocycles. The summed E-state index contributed by atoms with van der Waals surface area (Å²) in [6.45, 7) is 3.49. The number of methoxy groups -OCH3 is 1. The topological polar surface area (TPSA) is 43.6 Å². The minimum absolute atomic E-state index is 0.321. The molecule has 2 aromatic carbocycles. The van der Waals surface area contributed by atoms with Gasteiger partial charge in [-0.05, 0) is 18.6 Å². The number of rotatable bonds is 5. The number of carbonyl (C=O) groups is 1. The molecule has 3 aromatic rings. The number of aromatic nitrogens is 1. The molecule has 1 N–H and O–H groups in total. The van der Waals surface area contributed by atoms with Gasteiger partial charge < -0.3 is 9.64 Å². The summed E-state index contributed by atoms with van der Waals surface area (Å²) >= 11 is 0. The number of fused-ring (bicyclic) bond motifs is 1. The Morgan fingerprint density at radius 1 is 1.04 bits per heavy atom. The summed E-state index contributed by atoms with van der Waals surface area (Å²) in [5, 5.41) is 0.993. The Labute approximate surface area is 148 Å². The van der Waals surface area contributed by atoms with E-state index >= 15 is 0 Å². The molecular formula is C21H23N2O2+. The lowest BCUT2D eigenvalue weighted by Crippen LogP contribution is -3.06. The Kier molecular flexibility index (Phi) is 5.10. The highest BCUT2D eigenvalue weighted by Gasteiger charge is 2.21. The fourth-order valence-corrected chi connectivity index (χ4v) is 3.23. The summed E-state index contributed by atoms with van der Waals surface area (Å²) in [6, 6.07) is 18.2. The molecular weight excluding hydrogens is 312 g/mol. The Balaban J connectivity index is 1.97. The van der Waals surface area contributed by atoms with Crippen LogP contribution in [0.5, 0.6) is 0 Å². The monoisotopic (exact) mass is 335 g/mol. The number of para-hydroxylation sites is 1. The van der Waals surface area contributed by atoms with E-state index in [-0.39, 0.29) is 5.97 Å². The lowest BCUT2D eigenvalue weighted by Gasteiger charge is -2.17. The Hall–Kier alpha value is -2.72. The van der Waals surface area contributed by atoms with Gasteiger partial charge in [0.1, 0.15) is 18.8 Å². The number of pyridine rings is 1. The van der Waals surface area contributed by atoms with Gasteiger partial charge in [-0.3, -0.25) is 0 Å². The number of carbonyl (C=O) groups excluding carboxylic acids is 1. The third-order valence-corrected chi connectivity index (χ3v) is 4.43. The van der Waals surface area contributed by atoms with E-state index in [4.69, 9.17) is 9.72 Å². The maximum Gasteiger partial charge on any atom is 0.340 e. The highest BCUT2D eigenvalue weighted by atomic mass is 16.5. The molecule has 0 amide bonds. The second-order valence-electron chi connectivity index (χ2n) is 6.36. The molecule has 0 spiro atoms. The molecule has 0 aliphatic rings. The predicted molar refractivity (Wildman–Crippen MR) is 98.6 cm³/mol. The first-order valence-corrected chi connectivity index (χ1v) is 8.42. The van der Waals surface area contributed by atoms with Crippen molar-refractivity contribution in [2.75, 3.05) is 14.2 Å². The van der Waals surface area contributed by atoms with Gasteiger partial charge in [0, 0.05) is 10.9 Å². The van der Waals surface area contributed by atoms with Crippen LogP contribution in [0.4, 0.5) is 0 Å². The maximum atomic E-state index is 12.4. The van der Waals surface area contributed by atoms with Crippen LogP contribution in [-0.2, 0) is 17.8 Å². The number of quaternary nitrogens is 1. The molecule has 0 radical (unpaired) electrons. The first-order chi connectivity index (χ1) is 12.1. The normalized spacial score (nSPS) is 12.1. The molecule has 1 unspecified atom stereocenters. The van der Waals surface area contributed by atoms with Gasteiger partial charge in [-0.25, -0.2) is 9.78 Å². The number of hydrogen-bond acceptors (Lipinski definition) is 3. The van der Waals surface area contributed by atoms with Crippen LogP contribution in [0.25, 0.3) is 10.9 Å². The van der Waals surface area contributed by atoms with E-state index in [1.54, 1.807) is 0 Å². The van der Waals surface area contributed by atoms with Gasteiger partial charge in [0.15, 0.2) is 0 Å². The van der Waals surface area contributed by atoms with E-state index < -0.39 is 0 Å². The van der Waals surface area contributed by atoms with Crippen LogP contribution in [0.2, 0.25) is 0 Å². The van der Waals surface area contributed by atoms with Crippen LogP contribution in [0.15, 0.2) is 54.6 Å². The molecule has 0 aliphatic heterocycles. The Morgan fingerprint density at radius 2 is 1.72 bits per heavy atom. The van der Waals surface area contributed by atoms with Gasteiger partial charge in [0.05, 0.1) is 25.2 Å². The van der Waals surface area contributed by atoms with E-state index in [0.717, 1.165) is 28.7 Å². The molecule has 3 rings (SSSR count). The van der Waals surface area contributed by atoms with Crippen molar-refractivity contribution in [3.05, 3.63) is 77.0 Å². The lowest BCUT2D eigenvalue weighted by atomic mass is 10.0. The van der Waals surface area contributed by atoms with E-state index in [1.165, 1.54) is 17.6 Å². The third kappa shape index (κ3) is 3.69. The minimum Gasteiger partial charge on any atom is -0.465 e. The standard InChI is InChI=1S/C21H22N2O2/c1-15-17-11-7-8-12-18(17)22-19(20(15)21(24)25-3)14-23(2)13-16-9-5-4-6-10-16/h4-12H,13-14H2,1-3H3/p+1. The predicted octanol–water partition coefficient (Wildman–Crippen LogP) is 2.54. The van der Waals surface area contributed by atoms with Gasteiger partial charge in [-0.2, -0.15) is 0 Å². The molecule has 1 heterocycles. The number of aryl methyl sites for hydroxylation is 1. The van der Waals surface area contributed by atoms with Crippen molar-refractivity contribution in [2.45, 2.75) is 20.0 Å². The van der Waals surface area contributed by atoms with Crippen molar-refractivity contribution in [2.24, 2.45) is 0 Å². The maximum absolute atomic E-state index is 12.4. The van der Waals surface area contributed by atoms with Crippen molar-refractivity contribution in [1.29, 1.82) is 0 Å². The van der Waals surface area contributed by atoms with Gasteiger partial charge >= 0.3 is 5.97 Å². The molecule has 4 heteroatoms. The van der Waals surface area contributed by atoms with Crippen molar-refractivity contribution in [3.8, 4) is 0 Å². The highest BCUT2D eigenvalue weighted by Crippen LogP contribution is 2.23. The van der Waals surface area contributed by atoms with Crippen molar-refractivity contribution in [1.82, 2.24) is 4.98 Å². The Morgan fingerprint density at radius 3 is 2.44 bits per heavy atom. The summed E-state index contributed by atoms with van der Waals surface area (Å²) in [5.74, 6) is -0.321. The van der Waals surface area contributed by atoms with Crippen molar-refractivity contribution in [3.63, 3.8) is 0 Å². The molecule has 1 aromatic heterocycles. The third-order valence-electron chi connectivity index (χ3n) is 4.43. The van der Waals surface area contributed by atoms with E-state index in [9.17, 15) is 4.79 Å². The van der Waals surface area contributed by atoms with Gasteiger partial charge in [0.2, 0.25) is 0 Å². The zero-order valence-electron chi connectivity index (χ0n) is 14.9. The van der Waals surface area contributed by atoms with Gasteiger partial charge in [-0.15, -0.1) is 0 Å². The minimum atomic E-state index is -0.321. The molecule has 0 fully saturated rings. The SMILES string of the molecule is COC(=O)c1c(C[NH+](C)Cc2ccccc2)nc2ccccc2c1C. The first-order valence-electron chi connectivity index (χ1n) is 8.42. The fourth-order valence-electron chi connectivity index (χ4n) is 3.23. The van der Waals surface area contributed by atoms with E-state index in [0.29, 0.717) is 12.1 Å². The Bertz CT molecular complexity index is 891. The number of benzene rings is 2. The van der Waals surface area contributed by atoms with Crippen LogP contribution in [0, 0.1) is 6.92 Å². The van der Waals surface area contributed by atoms with Crippen LogP contribution < -0.4 is 4.90 Å². The largest absolute Gasteiger partial charge is 0.465 e. The van der Waals surface area contributed by atoms with Crippen LogP contribution >= 0.6 is 0 Å². The smallest absolute Gasteiger partial charge is 0.340 e. The number of nitrogens with zero attached hydrogens (tertiary/aromatic N) is 1. The molecule has 0 aliphatic carbocycles. The second-order valence-corrected chi connectivity index (χ2v) is 6.36. The summed E-state index contributed by atoms with van der Waals surface area (Å²) in [7, 11) is 3.53. The first kappa shape index (κ1) is 17.1.